The SMILES string of the molecule is CCOc1cc(C=C2C(=O)N(c3ccccc3)C(=S)N(c3ccccc3)C2=O)cc(Br)c1OC. The second-order valence-electron chi connectivity index (χ2n) is 7.26. The molecule has 3 aromatic carbocycles. The molecule has 0 radical (unpaired) electrons. The highest BCUT2D eigenvalue weighted by atomic mass is 79.9. The molecule has 0 unspecified atom stereocenters. The molecule has 1 aliphatic rings. The monoisotopic (exact) mass is 536 g/mol. The Kier molecular flexibility index (Phi) is 7.09. The molecule has 1 fully saturated rings. The van der Waals surface area contributed by atoms with E-state index in [9.17, 15) is 9.59 Å². The van der Waals surface area contributed by atoms with Gasteiger partial charge in [0.05, 0.1) is 29.6 Å². The summed E-state index contributed by atoms with van der Waals surface area (Å²) >= 11 is 9.12. The molecule has 34 heavy (non-hydrogen) atoms. The molecule has 1 saturated heterocycles. The molecule has 4 rings (SSSR count). The summed E-state index contributed by atoms with van der Waals surface area (Å²) in [7, 11) is 1.55. The fourth-order valence-corrected chi connectivity index (χ4v) is 4.64. The Morgan fingerprint density at radius 3 is 1.91 bits per heavy atom. The van der Waals surface area contributed by atoms with Crippen molar-refractivity contribution >= 4 is 62.5 Å². The normalized spacial score (nSPS) is 13.9. The zero-order chi connectivity index (χ0) is 24.2. The standard InChI is InChI=1S/C26H21BrN2O4S/c1-3-33-22-16-17(15-21(27)23(22)32-2)14-20-24(30)28(18-10-6-4-7-11-18)26(34)29(25(20)31)19-12-8-5-9-13-19/h4-16H,3H2,1-2H3. The van der Waals surface area contributed by atoms with Crippen LogP contribution in [-0.2, 0) is 9.59 Å². The van der Waals surface area contributed by atoms with Crippen molar-refractivity contribution in [2.24, 2.45) is 0 Å². The number of amides is 2. The fourth-order valence-electron chi connectivity index (χ4n) is 3.64. The Labute approximate surface area is 211 Å². The summed E-state index contributed by atoms with van der Waals surface area (Å²) < 4.78 is 11.8. The van der Waals surface area contributed by atoms with Crippen LogP contribution in [0.15, 0.2) is 82.8 Å². The third-order valence-corrected chi connectivity index (χ3v) is 6.08. The van der Waals surface area contributed by atoms with Gasteiger partial charge in [-0.15, -0.1) is 0 Å². The third-order valence-electron chi connectivity index (χ3n) is 5.13. The van der Waals surface area contributed by atoms with Crippen LogP contribution in [0.4, 0.5) is 11.4 Å². The number of ether oxygens (including phenoxy) is 2. The predicted octanol–water partition coefficient (Wildman–Crippen LogP) is 5.60. The van der Waals surface area contributed by atoms with Crippen molar-refractivity contribution < 1.29 is 19.1 Å². The van der Waals surface area contributed by atoms with E-state index in [0.29, 0.717) is 39.5 Å². The van der Waals surface area contributed by atoms with Gasteiger partial charge in [-0.2, -0.15) is 0 Å². The number of hydrogen-bond donors (Lipinski definition) is 0. The van der Waals surface area contributed by atoms with E-state index in [1.807, 2.05) is 43.3 Å². The third kappa shape index (κ3) is 4.47. The number of nitrogens with zero attached hydrogens (tertiary/aromatic N) is 2. The summed E-state index contributed by atoms with van der Waals surface area (Å²) in [5.74, 6) is 0.0251. The lowest BCUT2D eigenvalue weighted by atomic mass is 10.0. The molecule has 3 aromatic rings. The van der Waals surface area contributed by atoms with Gasteiger partial charge in [-0.25, -0.2) is 0 Å². The van der Waals surface area contributed by atoms with Crippen LogP contribution >= 0.6 is 28.1 Å². The molecule has 0 aliphatic carbocycles. The van der Waals surface area contributed by atoms with Crippen LogP contribution in [0.3, 0.4) is 0 Å². The minimum Gasteiger partial charge on any atom is -0.492 e. The molecule has 172 valence electrons. The van der Waals surface area contributed by atoms with Crippen molar-refractivity contribution in [3.8, 4) is 11.5 Å². The fraction of sp³-hybridized carbons (Fsp3) is 0.115. The summed E-state index contributed by atoms with van der Waals surface area (Å²) in [4.78, 5) is 29.9. The van der Waals surface area contributed by atoms with E-state index in [2.05, 4.69) is 15.9 Å². The van der Waals surface area contributed by atoms with Gasteiger partial charge in [-0.1, -0.05) is 36.4 Å². The molecule has 6 nitrogen and oxygen atoms in total. The van der Waals surface area contributed by atoms with Crippen LogP contribution in [0.1, 0.15) is 12.5 Å². The maximum absolute atomic E-state index is 13.6. The first-order valence-electron chi connectivity index (χ1n) is 10.5. The maximum atomic E-state index is 13.6. The lowest BCUT2D eigenvalue weighted by molar-refractivity contribution is -0.120. The van der Waals surface area contributed by atoms with Crippen LogP contribution in [0.5, 0.6) is 11.5 Å². The Hall–Kier alpha value is -3.49. The van der Waals surface area contributed by atoms with E-state index >= 15 is 0 Å². The Balaban J connectivity index is 1.87. The largest absolute Gasteiger partial charge is 0.492 e. The van der Waals surface area contributed by atoms with Gasteiger partial charge in [0.15, 0.2) is 16.6 Å². The van der Waals surface area contributed by atoms with Gasteiger partial charge in [0, 0.05) is 0 Å². The highest BCUT2D eigenvalue weighted by Gasteiger charge is 2.41. The molecule has 0 saturated carbocycles. The van der Waals surface area contributed by atoms with E-state index in [-0.39, 0.29) is 10.7 Å². The minimum absolute atomic E-state index is 0.0270. The molecule has 2 amide bonds. The van der Waals surface area contributed by atoms with Crippen molar-refractivity contribution in [1.82, 2.24) is 0 Å². The number of rotatable bonds is 6. The highest BCUT2D eigenvalue weighted by molar-refractivity contribution is 9.10. The van der Waals surface area contributed by atoms with Crippen LogP contribution in [0, 0.1) is 0 Å². The molecule has 0 spiro atoms. The van der Waals surface area contributed by atoms with Gasteiger partial charge in [-0.05, 0) is 83.1 Å². The molecule has 1 heterocycles. The van der Waals surface area contributed by atoms with Crippen LogP contribution < -0.4 is 19.3 Å². The van der Waals surface area contributed by atoms with Crippen molar-refractivity contribution in [1.29, 1.82) is 0 Å². The van der Waals surface area contributed by atoms with Crippen molar-refractivity contribution in [2.45, 2.75) is 6.92 Å². The first-order valence-corrected chi connectivity index (χ1v) is 11.7. The van der Waals surface area contributed by atoms with Crippen molar-refractivity contribution in [3.63, 3.8) is 0 Å². The number of anilines is 2. The van der Waals surface area contributed by atoms with Gasteiger partial charge in [-0.3, -0.25) is 19.4 Å². The summed E-state index contributed by atoms with van der Waals surface area (Å²) in [5, 5.41) is 0.0930. The maximum Gasteiger partial charge on any atom is 0.270 e. The van der Waals surface area contributed by atoms with Gasteiger partial charge in [0.1, 0.15) is 5.57 Å². The molecular formula is C26H21BrN2O4S. The lowest BCUT2D eigenvalue weighted by Gasteiger charge is -2.36. The Morgan fingerprint density at radius 1 is 0.912 bits per heavy atom. The summed E-state index contributed by atoms with van der Waals surface area (Å²) in [6, 6.07) is 21.5. The molecular weight excluding hydrogens is 516 g/mol. The van der Waals surface area contributed by atoms with E-state index in [1.165, 1.54) is 9.80 Å². The van der Waals surface area contributed by atoms with Crippen LogP contribution in [-0.4, -0.2) is 30.6 Å². The first-order chi connectivity index (χ1) is 16.5. The van der Waals surface area contributed by atoms with Crippen molar-refractivity contribution in [3.05, 3.63) is 88.4 Å². The first kappa shape index (κ1) is 23.7. The number of methoxy groups -OCH3 is 1. The van der Waals surface area contributed by atoms with Gasteiger partial charge >= 0.3 is 0 Å². The average molecular weight is 537 g/mol. The lowest BCUT2D eigenvalue weighted by Crippen LogP contribution is -2.56. The summed E-state index contributed by atoms with van der Waals surface area (Å²) in [5.41, 5.74) is 1.72. The van der Waals surface area contributed by atoms with Crippen LogP contribution in [0.2, 0.25) is 0 Å². The van der Waals surface area contributed by atoms with Gasteiger partial charge in [0.2, 0.25) is 0 Å². The second-order valence-corrected chi connectivity index (χ2v) is 8.48. The topological polar surface area (TPSA) is 59.1 Å². The molecule has 0 N–H and O–H groups in total. The second kappa shape index (κ2) is 10.2. The number of benzene rings is 3. The summed E-state index contributed by atoms with van der Waals surface area (Å²) in [6.07, 6.45) is 1.55. The van der Waals surface area contributed by atoms with Gasteiger partial charge < -0.3 is 9.47 Å². The predicted molar refractivity (Wildman–Crippen MR) is 140 cm³/mol. The van der Waals surface area contributed by atoms with Gasteiger partial charge in [0.25, 0.3) is 11.8 Å². The number of carbonyl (C=O) groups is 2. The zero-order valence-electron chi connectivity index (χ0n) is 18.5. The van der Waals surface area contributed by atoms with Crippen molar-refractivity contribution in [2.75, 3.05) is 23.5 Å². The molecule has 8 heteroatoms. The molecule has 0 atom stereocenters. The smallest absolute Gasteiger partial charge is 0.270 e. The quantitative estimate of drug-likeness (QED) is 0.233. The van der Waals surface area contributed by atoms with E-state index in [0.717, 1.165) is 0 Å². The Bertz CT molecular complexity index is 1220. The minimum atomic E-state index is -0.502. The number of halogens is 1. The molecule has 1 aliphatic heterocycles. The number of hydrogen-bond acceptors (Lipinski definition) is 5. The van der Waals surface area contributed by atoms with E-state index in [4.69, 9.17) is 21.7 Å². The molecule has 0 bridgehead atoms. The highest BCUT2D eigenvalue weighted by Crippen LogP contribution is 2.38. The zero-order valence-corrected chi connectivity index (χ0v) is 20.9. The van der Waals surface area contributed by atoms with E-state index in [1.54, 1.807) is 49.6 Å². The number of thiocarbonyl (C=S) groups is 1. The number of carbonyl (C=O) groups excluding carboxylic acids is 2. The summed E-state index contributed by atoms with van der Waals surface area (Å²) in [6.45, 7) is 2.29. The van der Waals surface area contributed by atoms with E-state index < -0.39 is 11.8 Å². The number of para-hydroxylation sites is 2. The molecule has 0 aromatic heterocycles. The van der Waals surface area contributed by atoms with Crippen LogP contribution in [0.25, 0.3) is 6.08 Å². The Morgan fingerprint density at radius 2 is 1.44 bits per heavy atom. The average Bonchev–Trinajstić information content (AvgIpc) is 2.83.